The van der Waals surface area contributed by atoms with Crippen LogP contribution >= 0.6 is 11.6 Å². The Bertz CT molecular complexity index is 390. The number of ether oxygens (including phenoxy) is 2. The van der Waals surface area contributed by atoms with E-state index in [0.29, 0.717) is 18.2 Å². The first-order valence-corrected chi connectivity index (χ1v) is 5.65. The average molecular weight is 259 g/mol. The highest BCUT2D eigenvalue weighted by Crippen LogP contribution is 2.23. The Balaban J connectivity index is 2.62. The third-order valence-electron chi connectivity index (χ3n) is 1.97. The van der Waals surface area contributed by atoms with E-state index in [0.717, 1.165) is 0 Å². The highest BCUT2D eigenvalue weighted by atomic mass is 35.5. The number of rotatable bonds is 6. The van der Waals surface area contributed by atoms with Crippen molar-refractivity contribution in [1.82, 2.24) is 0 Å². The zero-order valence-electron chi connectivity index (χ0n) is 9.77. The van der Waals surface area contributed by atoms with Crippen LogP contribution < -0.4 is 4.74 Å². The molecule has 0 unspecified atom stereocenters. The topological polar surface area (TPSA) is 55.8 Å². The third-order valence-corrected chi connectivity index (χ3v) is 2.20. The van der Waals surface area contributed by atoms with Crippen LogP contribution in [-0.4, -0.2) is 30.4 Å². The van der Waals surface area contributed by atoms with Crippen molar-refractivity contribution in [2.45, 2.75) is 20.0 Å². The summed E-state index contributed by atoms with van der Waals surface area (Å²) in [5.41, 5.74) is 0.0962. The number of aromatic carboxylic acids is 1. The van der Waals surface area contributed by atoms with Gasteiger partial charge in [0.25, 0.3) is 0 Å². The molecule has 0 aliphatic carbocycles. The molecule has 17 heavy (non-hydrogen) atoms. The van der Waals surface area contributed by atoms with Gasteiger partial charge in [-0.25, -0.2) is 4.79 Å². The van der Waals surface area contributed by atoms with Crippen molar-refractivity contribution in [1.29, 1.82) is 0 Å². The van der Waals surface area contributed by atoms with Crippen molar-refractivity contribution in [3.05, 3.63) is 28.8 Å². The summed E-state index contributed by atoms with van der Waals surface area (Å²) in [6.45, 7) is 4.53. The minimum Gasteiger partial charge on any atom is -0.490 e. The summed E-state index contributed by atoms with van der Waals surface area (Å²) in [6, 6.07) is 4.42. The van der Waals surface area contributed by atoms with Gasteiger partial charge in [0.1, 0.15) is 17.9 Å². The van der Waals surface area contributed by atoms with Gasteiger partial charge in [-0.3, -0.25) is 0 Å². The van der Waals surface area contributed by atoms with Crippen LogP contribution in [0.1, 0.15) is 24.2 Å². The second-order valence-electron chi connectivity index (χ2n) is 3.71. The van der Waals surface area contributed by atoms with Gasteiger partial charge in [-0.15, -0.1) is 0 Å². The lowest BCUT2D eigenvalue weighted by Gasteiger charge is -2.11. The molecule has 0 fully saturated rings. The zero-order chi connectivity index (χ0) is 12.8. The number of hydrogen-bond acceptors (Lipinski definition) is 3. The van der Waals surface area contributed by atoms with E-state index in [-0.39, 0.29) is 17.4 Å². The summed E-state index contributed by atoms with van der Waals surface area (Å²) >= 11 is 5.78. The maximum Gasteiger partial charge on any atom is 0.339 e. The minimum atomic E-state index is -1.04. The van der Waals surface area contributed by atoms with E-state index in [1.54, 1.807) is 0 Å². The van der Waals surface area contributed by atoms with Gasteiger partial charge in [-0.1, -0.05) is 11.6 Å². The summed E-state index contributed by atoms with van der Waals surface area (Å²) in [6.07, 6.45) is 0.122. The third kappa shape index (κ3) is 4.63. The molecule has 0 heterocycles. The SMILES string of the molecule is CC(C)OCCOc1cc(Cl)ccc1C(=O)O. The molecule has 1 aromatic carbocycles. The van der Waals surface area contributed by atoms with Crippen LogP contribution in [0.5, 0.6) is 5.75 Å². The van der Waals surface area contributed by atoms with Crippen molar-refractivity contribution >= 4 is 17.6 Å². The second-order valence-corrected chi connectivity index (χ2v) is 4.15. The van der Waals surface area contributed by atoms with Crippen molar-refractivity contribution in [2.75, 3.05) is 13.2 Å². The lowest BCUT2D eigenvalue weighted by Crippen LogP contribution is -2.12. The molecule has 0 saturated carbocycles. The maximum atomic E-state index is 10.9. The van der Waals surface area contributed by atoms with Gasteiger partial charge < -0.3 is 14.6 Å². The summed E-state index contributed by atoms with van der Waals surface area (Å²) < 4.78 is 10.6. The Morgan fingerprint density at radius 2 is 2.12 bits per heavy atom. The van der Waals surface area contributed by atoms with E-state index in [1.807, 2.05) is 13.8 Å². The first-order chi connectivity index (χ1) is 8.00. The Hall–Kier alpha value is -1.26. The van der Waals surface area contributed by atoms with Gasteiger partial charge >= 0.3 is 5.97 Å². The molecule has 4 nitrogen and oxygen atoms in total. The van der Waals surface area contributed by atoms with E-state index in [2.05, 4.69) is 0 Å². The molecule has 0 spiro atoms. The van der Waals surface area contributed by atoms with E-state index < -0.39 is 5.97 Å². The smallest absolute Gasteiger partial charge is 0.339 e. The molecule has 0 saturated heterocycles. The van der Waals surface area contributed by atoms with Crippen molar-refractivity contribution < 1.29 is 19.4 Å². The summed E-state index contributed by atoms with van der Waals surface area (Å²) in [7, 11) is 0. The zero-order valence-corrected chi connectivity index (χ0v) is 10.5. The Morgan fingerprint density at radius 1 is 1.41 bits per heavy atom. The molecule has 0 bridgehead atoms. The number of benzene rings is 1. The molecule has 1 N–H and O–H groups in total. The van der Waals surface area contributed by atoms with Crippen molar-refractivity contribution in [3.63, 3.8) is 0 Å². The lowest BCUT2D eigenvalue weighted by molar-refractivity contribution is 0.0538. The Kier molecular flexibility index (Phi) is 5.25. The Labute approximate surface area is 105 Å². The number of hydrogen-bond donors (Lipinski definition) is 1. The molecule has 94 valence electrons. The quantitative estimate of drug-likeness (QED) is 0.797. The number of carbonyl (C=O) groups is 1. The van der Waals surface area contributed by atoms with Crippen molar-refractivity contribution in [3.8, 4) is 5.75 Å². The van der Waals surface area contributed by atoms with Crippen molar-refractivity contribution in [2.24, 2.45) is 0 Å². The number of halogens is 1. The molecule has 0 aliphatic rings. The first-order valence-electron chi connectivity index (χ1n) is 5.28. The normalized spacial score (nSPS) is 10.6. The molecule has 1 aromatic rings. The van der Waals surface area contributed by atoms with Gasteiger partial charge in [0.05, 0.1) is 12.7 Å². The van der Waals surface area contributed by atoms with Gasteiger partial charge in [0.15, 0.2) is 0 Å². The van der Waals surface area contributed by atoms with Crippen LogP contribution in [0.4, 0.5) is 0 Å². The highest BCUT2D eigenvalue weighted by molar-refractivity contribution is 6.30. The fourth-order valence-corrected chi connectivity index (χ4v) is 1.39. The molecule has 1 rings (SSSR count). The standard InChI is InChI=1S/C12H15ClO4/c1-8(2)16-5-6-17-11-7-9(13)3-4-10(11)12(14)15/h3-4,7-8H,5-6H2,1-2H3,(H,14,15). The van der Waals surface area contributed by atoms with E-state index in [9.17, 15) is 4.79 Å². The number of carboxylic acid groups (broad SMARTS) is 1. The molecule has 0 atom stereocenters. The van der Waals surface area contributed by atoms with Crippen LogP contribution in [0.25, 0.3) is 0 Å². The lowest BCUT2D eigenvalue weighted by atomic mass is 10.2. The monoisotopic (exact) mass is 258 g/mol. The first kappa shape index (κ1) is 13.8. The fraction of sp³-hybridized carbons (Fsp3) is 0.417. The number of carboxylic acids is 1. The molecule has 0 amide bonds. The second kappa shape index (κ2) is 6.47. The van der Waals surface area contributed by atoms with Crippen LogP contribution in [0.15, 0.2) is 18.2 Å². The van der Waals surface area contributed by atoms with Gasteiger partial charge in [-0.2, -0.15) is 0 Å². The predicted molar refractivity (Wildman–Crippen MR) is 65.0 cm³/mol. The molecule has 0 radical (unpaired) electrons. The van der Waals surface area contributed by atoms with Crippen LogP contribution in [0.2, 0.25) is 5.02 Å². The molecular formula is C12H15ClO4. The van der Waals surface area contributed by atoms with E-state index in [4.69, 9.17) is 26.2 Å². The van der Waals surface area contributed by atoms with Crippen LogP contribution in [0, 0.1) is 0 Å². The molecular weight excluding hydrogens is 244 g/mol. The van der Waals surface area contributed by atoms with Gasteiger partial charge in [0, 0.05) is 5.02 Å². The van der Waals surface area contributed by atoms with Gasteiger partial charge in [-0.05, 0) is 32.0 Å². The van der Waals surface area contributed by atoms with E-state index in [1.165, 1.54) is 18.2 Å². The minimum absolute atomic E-state index is 0.0962. The predicted octanol–water partition coefficient (Wildman–Crippen LogP) is 2.84. The maximum absolute atomic E-state index is 10.9. The van der Waals surface area contributed by atoms with Crippen LogP contribution in [0.3, 0.4) is 0 Å². The molecule has 0 aromatic heterocycles. The average Bonchev–Trinajstić information content (AvgIpc) is 2.23. The van der Waals surface area contributed by atoms with E-state index >= 15 is 0 Å². The summed E-state index contributed by atoms with van der Waals surface area (Å²) in [5.74, 6) is -0.779. The van der Waals surface area contributed by atoms with Gasteiger partial charge in [0.2, 0.25) is 0 Å². The van der Waals surface area contributed by atoms with Crippen LogP contribution in [-0.2, 0) is 4.74 Å². The fourth-order valence-electron chi connectivity index (χ4n) is 1.23. The molecule has 0 aliphatic heterocycles. The Morgan fingerprint density at radius 3 is 2.71 bits per heavy atom. The largest absolute Gasteiger partial charge is 0.490 e. The molecule has 5 heteroatoms. The summed E-state index contributed by atoms with van der Waals surface area (Å²) in [5, 5.41) is 9.39. The summed E-state index contributed by atoms with van der Waals surface area (Å²) in [4.78, 5) is 10.9. The highest BCUT2D eigenvalue weighted by Gasteiger charge is 2.11.